The first kappa shape index (κ1) is 11.2. The molecule has 0 amide bonds. The van der Waals surface area contributed by atoms with Gasteiger partial charge < -0.3 is 0 Å². The molecule has 12 heavy (non-hydrogen) atoms. The third-order valence-corrected chi connectivity index (χ3v) is 2.96. The SMILES string of the molecule is Br.N#[C][Al]([C]#N)[c]1ccccc1. The third kappa shape index (κ3) is 2.68. The molecule has 0 fully saturated rings. The quantitative estimate of drug-likeness (QED) is 0.686. The molecule has 0 aromatic heterocycles. The van der Waals surface area contributed by atoms with Crippen LogP contribution in [0.15, 0.2) is 30.3 Å². The first-order chi connectivity index (χ1) is 5.38. The molecule has 0 N–H and O–H groups in total. The predicted octanol–water partition coefficient (Wildman–Crippen LogP) is 1.09. The average Bonchev–Trinajstić information content (AvgIpc) is 2.09. The molecule has 1 aromatic carbocycles. The van der Waals surface area contributed by atoms with E-state index in [4.69, 9.17) is 10.5 Å². The molecule has 0 atom stereocenters. The molecule has 2 nitrogen and oxygen atoms in total. The number of nitrogens with zero attached hydrogens (tertiary/aromatic N) is 2. The first-order valence-corrected chi connectivity index (χ1v) is 4.96. The number of rotatable bonds is 1. The van der Waals surface area contributed by atoms with Crippen LogP contribution in [-0.2, 0) is 0 Å². The number of halogens is 1. The van der Waals surface area contributed by atoms with Crippen molar-refractivity contribution in [3.8, 4) is 9.86 Å². The Kier molecular flexibility index (Phi) is 5.43. The summed E-state index contributed by atoms with van der Waals surface area (Å²) in [4.78, 5) is 4.09. The van der Waals surface area contributed by atoms with Crippen molar-refractivity contribution in [2.45, 2.75) is 0 Å². The molecule has 1 aromatic rings. The summed E-state index contributed by atoms with van der Waals surface area (Å²) in [7, 11) is 0. The second-order valence-electron chi connectivity index (χ2n) is 2.10. The fraction of sp³-hybridized carbons (Fsp3) is 0. The maximum Gasteiger partial charge on any atom is 0.600 e. The van der Waals surface area contributed by atoms with Crippen molar-refractivity contribution in [3.63, 3.8) is 0 Å². The van der Waals surface area contributed by atoms with Crippen molar-refractivity contribution in [2.75, 3.05) is 0 Å². The van der Waals surface area contributed by atoms with Gasteiger partial charge in [0.2, 0.25) is 0 Å². The van der Waals surface area contributed by atoms with Crippen LogP contribution in [0, 0.1) is 20.4 Å². The van der Waals surface area contributed by atoms with Crippen LogP contribution in [0.5, 0.6) is 0 Å². The molecule has 0 radical (unpaired) electrons. The van der Waals surface area contributed by atoms with Crippen LogP contribution in [0.4, 0.5) is 0 Å². The van der Waals surface area contributed by atoms with E-state index in [0.29, 0.717) is 0 Å². The number of benzene rings is 1. The van der Waals surface area contributed by atoms with Gasteiger partial charge in [0, 0.05) is 0 Å². The van der Waals surface area contributed by atoms with Crippen molar-refractivity contribution < 1.29 is 0 Å². The number of nitriles is 2. The molecule has 0 spiro atoms. The summed E-state index contributed by atoms with van der Waals surface area (Å²) < 4.78 is 0.900. The monoisotopic (exact) mass is 236 g/mol. The van der Waals surface area contributed by atoms with E-state index in [1.54, 1.807) is 0 Å². The molecule has 58 valence electrons. The highest BCUT2D eigenvalue weighted by atomic mass is 79.9. The molecule has 0 aliphatic heterocycles. The summed E-state index contributed by atoms with van der Waals surface area (Å²) in [5, 5.41) is 17.1. The maximum absolute atomic E-state index is 8.57. The zero-order valence-corrected chi connectivity index (χ0v) is 9.13. The zero-order valence-electron chi connectivity index (χ0n) is 6.27. The molecule has 0 unspecified atom stereocenters. The van der Waals surface area contributed by atoms with Gasteiger partial charge in [-0.15, -0.1) is 17.0 Å². The highest BCUT2D eigenvalue weighted by Gasteiger charge is 2.20. The minimum absolute atomic E-state index is 0. The van der Waals surface area contributed by atoms with Gasteiger partial charge in [-0.2, -0.15) is 0 Å². The van der Waals surface area contributed by atoms with Crippen LogP contribution >= 0.6 is 17.0 Å². The first-order valence-electron chi connectivity index (χ1n) is 3.22. The Labute approximate surface area is 86.2 Å². The van der Waals surface area contributed by atoms with E-state index in [-0.39, 0.29) is 17.0 Å². The molecule has 4 heteroatoms. The van der Waals surface area contributed by atoms with Gasteiger partial charge in [0.1, 0.15) is 0 Å². The van der Waals surface area contributed by atoms with Crippen LogP contribution in [0.25, 0.3) is 0 Å². The van der Waals surface area contributed by atoms with E-state index in [1.807, 2.05) is 40.2 Å². The van der Waals surface area contributed by atoms with E-state index >= 15 is 0 Å². The second-order valence-corrected chi connectivity index (χ2v) is 4.15. The van der Waals surface area contributed by atoms with Gasteiger partial charge in [-0.1, -0.05) is 34.8 Å². The van der Waals surface area contributed by atoms with Crippen molar-refractivity contribution >= 4 is 35.6 Å². The summed E-state index contributed by atoms with van der Waals surface area (Å²) in [6.45, 7) is 0. The third-order valence-electron chi connectivity index (χ3n) is 1.39. The molecule has 0 aliphatic rings. The lowest BCUT2D eigenvalue weighted by Crippen LogP contribution is -2.26. The average molecular weight is 237 g/mol. The molecule has 0 heterocycles. The van der Waals surface area contributed by atoms with Crippen molar-refractivity contribution in [2.24, 2.45) is 0 Å². The Balaban J connectivity index is 0.00000121. The van der Waals surface area contributed by atoms with Crippen LogP contribution in [0.1, 0.15) is 0 Å². The van der Waals surface area contributed by atoms with Crippen molar-refractivity contribution in [1.82, 2.24) is 0 Å². The van der Waals surface area contributed by atoms with Gasteiger partial charge in [-0.3, -0.25) is 0 Å². The zero-order chi connectivity index (χ0) is 8.10. The van der Waals surface area contributed by atoms with Crippen LogP contribution in [0.3, 0.4) is 0 Å². The highest BCUT2D eigenvalue weighted by molar-refractivity contribution is 8.93. The number of hydrogen-bond acceptors (Lipinski definition) is 2. The van der Waals surface area contributed by atoms with Gasteiger partial charge >= 0.3 is 14.1 Å². The summed E-state index contributed by atoms with van der Waals surface area (Å²) in [6, 6.07) is 9.25. The van der Waals surface area contributed by atoms with Crippen LogP contribution in [0.2, 0.25) is 0 Å². The van der Waals surface area contributed by atoms with Crippen LogP contribution in [-0.4, -0.2) is 14.1 Å². The maximum atomic E-state index is 8.57. The topological polar surface area (TPSA) is 47.6 Å². The number of hydrogen-bond donors (Lipinski definition) is 0. The second kappa shape index (κ2) is 5.81. The molecule has 0 saturated heterocycles. The van der Waals surface area contributed by atoms with Gasteiger partial charge in [0.15, 0.2) is 0 Å². The summed E-state index contributed by atoms with van der Waals surface area (Å²) in [5.74, 6) is 0. The van der Waals surface area contributed by atoms with Gasteiger partial charge in [-0.25, -0.2) is 10.5 Å². The molecule has 0 bridgehead atoms. The molecule has 1 rings (SSSR count). The summed E-state index contributed by atoms with van der Waals surface area (Å²) in [5.41, 5.74) is 0. The summed E-state index contributed by atoms with van der Waals surface area (Å²) in [6.07, 6.45) is 0. The van der Waals surface area contributed by atoms with E-state index in [1.165, 1.54) is 0 Å². The van der Waals surface area contributed by atoms with Crippen LogP contribution < -0.4 is 4.43 Å². The Hall–Kier alpha value is -0.788. The smallest absolute Gasteiger partial charge is 0.223 e. The van der Waals surface area contributed by atoms with Crippen molar-refractivity contribution in [1.29, 1.82) is 10.5 Å². The lowest BCUT2D eigenvalue weighted by atomic mass is 10.4. The Bertz CT molecular complexity index is 298. The lowest BCUT2D eigenvalue weighted by Gasteiger charge is -1.91. The Morgan fingerprint density at radius 3 is 1.92 bits per heavy atom. The van der Waals surface area contributed by atoms with Gasteiger partial charge in [0.05, 0.1) is 0 Å². The lowest BCUT2D eigenvalue weighted by molar-refractivity contribution is 1.54. The molecule has 0 saturated carbocycles. The molecular formula is C8H6AlBrN2. The normalized spacial score (nSPS) is 7.17. The fourth-order valence-corrected chi connectivity index (χ4v) is 1.79. The molecular weight excluding hydrogens is 231 g/mol. The largest absolute Gasteiger partial charge is 0.600 e. The molecule has 0 aliphatic carbocycles. The van der Waals surface area contributed by atoms with E-state index in [0.717, 1.165) is 4.43 Å². The predicted molar refractivity (Wildman–Crippen MR) is 53.4 cm³/mol. The fourth-order valence-electron chi connectivity index (χ4n) is 0.823. The van der Waals surface area contributed by atoms with Gasteiger partial charge in [0.25, 0.3) is 0 Å². The minimum atomic E-state index is -1.94. The minimum Gasteiger partial charge on any atom is -0.223 e. The Morgan fingerprint density at radius 1 is 1.00 bits per heavy atom. The van der Waals surface area contributed by atoms with Gasteiger partial charge in [-0.05, 0) is 9.86 Å². The van der Waals surface area contributed by atoms with E-state index in [2.05, 4.69) is 0 Å². The summed E-state index contributed by atoms with van der Waals surface area (Å²) >= 11 is -1.94. The van der Waals surface area contributed by atoms with E-state index < -0.39 is 14.1 Å². The van der Waals surface area contributed by atoms with Crippen molar-refractivity contribution in [3.05, 3.63) is 30.3 Å². The standard InChI is InChI=1S/C6H5.2CN.Al.BrH/c1-2-4-6-5-3-1;2*1-2;;/h1-5H;;;;1H. The van der Waals surface area contributed by atoms with E-state index in [9.17, 15) is 0 Å². The highest BCUT2D eigenvalue weighted by Crippen LogP contribution is 1.85. The Morgan fingerprint density at radius 2 is 1.50 bits per heavy atom.